The maximum absolute atomic E-state index is 12.6. The Morgan fingerprint density at radius 2 is 2.19 bits per heavy atom. The van der Waals surface area contributed by atoms with Gasteiger partial charge in [-0.25, -0.2) is 0 Å². The molecule has 1 aliphatic rings. The molecule has 0 aromatic heterocycles. The van der Waals surface area contributed by atoms with Gasteiger partial charge in [0.1, 0.15) is 17.6 Å². The summed E-state index contributed by atoms with van der Waals surface area (Å²) in [5, 5.41) is 13.9. The molecule has 1 aliphatic heterocycles. The van der Waals surface area contributed by atoms with Crippen LogP contribution in [0.5, 0.6) is 11.5 Å². The van der Waals surface area contributed by atoms with Crippen molar-refractivity contribution >= 4 is 11.6 Å². The molecular weight excluding hydrogens is 348 g/mol. The van der Waals surface area contributed by atoms with Gasteiger partial charge in [-0.2, -0.15) is 0 Å². The summed E-state index contributed by atoms with van der Waals surface area (Å²) in [6.07, 6.45) is 0.946. The minimum absolute atomic E-state index is 0.0717. The predicted octanol–water partition coefficient (Wildman–Crippen LogP) is 3.56. The highest BCUT2D eigenvalue weighted by Crippen LogP contribution is 2.35. The van der Waals surface area contributed by atoms with Crippen LogP contribution in [-0.2, 0) is 13.0 Å². The van der Waals surface area contributed by atoms with E-state index < -0.39 is 4.92 Å². The third-order valence-corrected chi connectivity index (χ3v) is 4.56. The van der Waals surface area contributed by atoms with E-state index in [0.717, 1.165) is 23.3 Å². The molecule has 0 aliphatic carbocycles. The molecule has 0 fully saturated rings. The number of nitro benzene ring substituents is 1. The molecule has 142 valence electrons. The Morgan fingerprint density at radius 1 is 1.41 bits per heavy atom. The lowest BCUT2D eigenvalue weighted by molar-refractivity contribution is -0.385. The maximum atomic E-state index is 12.6. The average molecular weight is 370 g/mol. The Morgan fingerprint density at radius 3 is 2.89 bits per heavy atom. The minimum atomic E-state index is -0.488. The molecule has 0 spiro atoms. The molecule has 1 heterocycles. The summed E-state index contributed by atoms with van der Waals surface area (Å²) in [5.74, 6) is 1.15. The van der Waals surface area contributed by atoms with E-state index in [4.69, 9.17) is 9.47 Å². The van der Waals surface area contributed by atoms with E-state index in [-0.39, 0.29) is 29.8 Å². The fraction of sp³-hybridized carbons (Fsp3) is 0.350. The lowest BCUT2D eigenvalue weighted by atomic mass is 10.0. The topological polar surface area (TPSA) is 90.7 Å². The fourth-order valence-electron chi connectivity index (χ4n) is 3.25. The van der Waals surface area contributed by atoms with E-state index >= 15 is 0 Å². The van der Waals surface area contributed by atoms with E-state index in [1.165, 1.54) is 12.1 Å². The average Bonchev–Trinajstić information content (AvgIpc) is 2.98. The van der Waals surface area contributed by atoms with E-state index in [2.05, 4.69) is 5.32 Å². The first-order valence-corrected chi connectivity index (χ1v) is 8.88. The molecule has 7 heteroatoms. The van der Waals surface area contributed by atoms with Gasteiger partial charge in [0.15, 0.2) is 0 Å². The van der Waals surface area contributed by atoms with Crippen LogP contribution in [0.3, 0.4) is 0 Å². The maximum Gasteiger partial charge on any atom is 0.273 e. The van der Waals surface area contributed by atoms with Gasteiger partial charge in [0.2, 0.25) is 0 Å². The van der Waals surface area contributed by atoms with Crippen molar-refractivity contribution < 1.29 is 19.2 Å². The van der Waals surface area contributed by atoms with Crippen molar-refractivity contribution in [3.05, 3.63) is 62.7 Å². The van der Waals surface area contributed by atoms with Crippen molar-refractivity contribution in [3.63, 3.8) is 0 Å². The standard InChI is InChI=1S/C20H22N2O5/c1-4-26-18-9-14-8-12(2)27-19(14)10-15(18)11-21-20(23)16-6-5-7-17(13(16)3)22(24)25/h5-7,9-10,12H,4,8,11H2,1-3H3,(H,21,23)/t12-/m0/s1. The number of ether oxygens (including phenoxy) is 2. The van der Waals surface area contributed by atoms with E-state index in [1.807, 2.05) is 26.0 Å². The Bertz CT molecular complexity index is 894. The third-order valence-electron chi connectivity index (χ3n) is 4.56. The van der Waals surface area contributed by atoms with Gasteiger partial charge in [-0.3, -0.25) is 14.9 Å². The Kier molecular flexibility index (Phi) is 5.30. The van der Waals surface area contributed by atoms with Crippen LogP contribution in [0.4, 0.5) is 5.69 Å². The van der Waals surface area contributed by atoms with Gasteiger partial charge >= 0.3 is 0 Å². The second-order valence-corrected chi connectivity index (χ2v) is 6.52. The molecule has 1 atom stereocenters. The summed E-state index contributed by atoms with van der Waals surface area (Å²) in [6, 6.07) is 8.33. The number of carbonyl (C=O) groups excluding carboxylic acids is 1. The van der Waals surface area contributed by atoms with Crippen LogP contribution in [-0.4, -0.2) is 23.5 Å². The number of hydrogen-bond acceptors (Lipinski definition) is 5. The summed E-state index contributed by atoms with van der Waals surface area (Å²) in [7, 11) is 0. The summed E-state index contributed by atoms with van der Waals surface area (Å²) in [6.45, 7) is 6.23. The molecule has 7 nitrogen and oxygen atoms in total. The molecule has 1 amide bonds. The first-order valence-electron chi connectivity index (χ1n) is 8.88. The first kappa shape index (κ1) is 18.7. The smallest absolute Gasteiger partial charge is 0.273 e. The van der Waals surface area contributed by atoms with Crippen LogP contribution in [0.2, 0.25) is 0 Å². The van der Waals surface area contributed by atoms with Crippen LogP contribution in [0, 0.1) is 17.0 Å². The number of nitro groups is 1. The van der Waals surface area contributed by atoms with Crippen molar-refractivity contribution in [1.29, 1.82) is 0 Å². The molecule has 2 aromatic rings. The highest BCUT2D eigenvalue weighted by Gasteiger charge is 2.23. The molecule has 0 radical (unpaired) electrons. The number of amides is 1. The Balaban J connectivity index is 1.81. The largest absolute Gasteiger partial charge is 0.494 e. The molecule has 0 saturated heterocycles. The van der Waals surface area contributed by atoms with E-state index in [9.17, 15) is 14.9 Å². The van der Waals surface area contributed by atoms with E-state index in [1.54, 1.807) is 13.0 Å². The number of rotatable bonds is 6. The van der Waals surface area contributed by atoms with Gasteiger partial charge < -0.3 is 14.8 Å². The second-order valence-electron chi connectivity index (χ2n) is 6.52. The summed E-state index contributed by atoms with van der Waals surface area (Å²) < 4.78 is 11.5. The molecule has 3 rings (SSSR count). The van der Waals surface area contributed by atoms with Crippen LogP contribution in [0.25, 0.3) is 0 Å². The van der Waals surface area contributed by atoms with Crippen LogP contribution in [0.15, 0.2) is 30.3 Å². The van der Waals surface area contributed by atoms with Crippen molar-refractivity contribution in [3.8, 4) is 11.5 Å². The highest BCUT2D eigenvalue weighted by molar-refractivity contribution is 5.96. The van der Waals surface area contributed by atoms with Crippen molar-refractivity contribution in [2.75, 3.05) is 6.61 Å². The highest BCUT2D eigenvalue weighted by atomic mass is 16.6. The molecule has 0 saturated carbocycles. The van der Waals surface area contributed by atoms with Crippen LogP contribution >= 0.6 is 0 Å². The lowest BCUT2D eigenvalue weighted by Crippen LogP contribution is -2.24. The number of fused-ring (bicyclic) bond motifs is 1. The monoisotopic (exact) mass is 370 g/mol. The van der Waals surface area contributed by atoms with Gasteiger partial charge in [0.25, 0.3) is 11.6 Å². The summed E-state index contributed by atoms with van der Waals surface area (Å²) in [4.78, 5) is 23.1. The normalized spacial score (nSPS) is 15.0. The zero-order valence-electron chi connectivity index (χ0n) is 15.6. The number of benzene rings is 2. The summed E-state index contributed by atoms with van der Waals surface area (Å²) >= 11 is 0. The van der Waals surface area contributed by atoms with Crippen molar-refractivity contribution in [1.82, 2.24) is 5.32 Å². The van der Waals surface area contributed by atoms with Gasteiger partial charge in [-0.15, -0.1) is 0 Å². The van der Waals surface area contributed by atoms with Crippen molar-refractivity contribution in [2.24, 2.45) is 0 Å². The van der Waals surface area contributed by atoms with Gasteiger partial charge in [0.05, 0.1) is 11.5 Å². The lowest BCUT2D eigenvalue weighted by Gasteiger charge is -2.14. The quantitative estimate of drug-likeness (QED) is 0.620. The SMILES string of the molecule is CCOc1cc2c(cc1CNC(=O)c1cccc([N+](=O)[O-])c1C)O[C@@H](C)C2. The van der Waals surface area contributed by atoms with Gasteiger partial charge in [-0.05, 0) is 39.0 Å². The van der Waals surface area contributed by atoms with Crippen LogP contribution in [0.1, 0.15) is 40.9 Å². The van der Waals surface area contributed by atoms with Crippen LogP contribution < -0.4 is 14.8 Å². The first-order chi connectivity index (χ1) is 12.9. The Hall–Kier alpha value is -3.09. The summed E-state index contributed by atoms with van der Waals surface area (Å²) in [5.41, 5.74) is 2.46. The third kappa shape index (κ3) is 3.86. The molecule has 0 bridgehead atoms. The zero-order valence-corrected chi connectivity index (χ0v) is 15.6. The predicted molar refractivity (Wildman–Crippen MR) is 100 cm³/mol. The molecule has 27 heavy (non-hydrogen) atoms. The number of hydrogen-bond donors (Lipinski definition) is 1. The van der Waals surface area contributed by atoms with Gasteiger partial charge in [0, 0.05) is 41.3 Å². The minimum Gasteiger partial charge on any atom is -0.494 e. The number of nitrogens with zero attached hydrogens (tertiary/aromatic N) is 1. The van der Waals surface area contributed by atoms with E-state index in [0.29, 0.717) is 17.9 Å². The Labute approximate surface area is 157 Å². The number of carbonyl (C=O) groups is 1. The molecule has 0 unspecified atom stereocenters. The number of nitrogens with one attached hydrogen (secondary N) is 1. The molecular formula is C20H22N2O5. The van der Waals surface area contributed by atoms with Gasteiger partial charge in [-0.1, -0.05) is 6.07 Å². The zero-order chi connectivity index (χ0) is 19.6. The fourth-order valence-corrected chi connectivity index (χ4v) is 3.25. The second kappa shape index (κ2) is 7.65. The van der Waals surface area contributed by atoms with Crippen molar-refractivity contribution in [2.45, 2.75) is 39.8 Å². The molecule has 1 N–H and O–H groups in total. The molecule has 2 aromatic carbocycles.